The van der Waals surface area contributed by atoms with E-state index in [1.807, 2.05) is 0 Å². The molecule has 1 saturated carbocycles. The lowest BCUT2D eigenvalue weighted by Crippen LogP contribution is -2.41. The second kappa shape index (κ2) is 5.50. The Bertz CT molecular complexity index is 208. The van der Waals surface area contributed by atoms with Crippen molar-refractivity contribution in [1.82, 2.24) is 10.6 Å². The van der Waals surface area contributed by atoms with Crippen molar-refractivity contribution in [1.29, 1.82) is 0 Å². The molecule has 0 aromatic rings. The molecule has 2 fully saturated rings. The Hall–Kier alpha value is -0.570. The van der Waals surface area contributed by atoms with Gasteiger partial charge in [0.15, 0.2) is 0 Å². The third-order valence-corrected chi connectivity index (χ3v) is 3.74. The summed E-state index contributed by atoms with van der Waals surface area (Å²) in [7, 11) is 0. The van der Waals surface area contributed by atoms with E-state index in [0.717, 1.165) is 38.4 Å². The lowest BCUT2D eigenvalue weighted by Gasteiger charge is -2.26. The molecule has 15 heavy (non-hydrogen) atoms. The molecule has 1 aliphatic heterocycles. The van der Waals surface area contributed by atoms with Gasteiger partial charge < -0.3 is 10.6 Å². The van der Waals surface area contributed by atoms with Gasteiger partial charge in [-0.3, -0.25) is 4.79 Å². The van der Waals surface area contributed by atoms with Crippen LogP contribution in [0, 0.1) is 11.8 Å². The van der Waals surface area contributed by atoms with Crippen LogP contribution in [-0.4, -0.2) is 25.5 Å². The summed E-state index contributed by atoms with van der Waals surface area (Å²) < 4.78 is 0. The highest BCUT2D eigenvalue weighted by molar-refractivity contribution is 5.78. The zero-order chi connectivity index (χ0) is 10.5. The van der Waals surface area contributed by atoms with E-state index >= 15 is 0 Å². The van der Waals surface area contributed by atoms with Gasteiger partial charge in [-0.2, -0.15) is 0 Å². The minimum Gasteiger partial charge on any atom is -0.356 e. The Morgan fingerprint density at radius 3 is 2.73 bits per heavy atom. The van der Waals surface area contributed by atoms with Gasteiger partial charge in [-0.1, -0.05) is 19.3 Å². The van der Waals surface area contributed by atoms with Gasteiger partial charge in [0.05, 0.1) is 5.92 Å². The molecule has 1 aliphatic carbocycles. The summed E-state index contributed by atoms with van der Waals surface area (Å²) in [5, 5.41) is 6.35. The summed E-state index contributed by atoms with van der Waals surface area (Å²) in [6.07, 6.45) is 7.53. The molecule has 1 unspecified atom stereocenters. The third kappa shape index (κ3) is 3.20. The highest BCUT2D eigenvalue weighted by Crippen LogP contribution is 2.28. The van der Waals surface area contributed by atoms with Gasteiger partial charge in [-0.25, -0.2) is 0 Å². The van der Waals surface area contributed by atoms with Crippen molar-refractivity contribution >= 4 is 5.91 Å². The van der Waals surface area contributed by atoms with Crippen LogP contribution in [-0.2, 0) is 4.79 Å². The molecule has 0 radical (unpaired) electrons. The number of carbonyl (C=O) groups is 1. The number of hydrogen-bond donors (Lipinski definition) is 2. The molecule has 1 saturated heterocycles. The van der Waals surface area contributed by atoms with E-state index in [4.69, 9.17) is 0 Å². The van der Waals surface area contributed by atoms with Crippen LogP contribution >= 0.6 is 0 Å². The molecular weight excluding hydrogens is 188 g/mol. The van der Waals surface area contributed by atoms with Gasteiger partial charge in [0, 0.05) is 13.1 Å². The fourth-order valence-corrected chi connectivity index (χ4v) is 2.40. The molecule has 86 valence electrons. The molecule has 2 aliphatic rings. The van der Waals surface area contributed by atoms with E-state index in [9.17, 15) is 4.79 Å². The van der Waals surface area contributed by atoms with E-state index in [2.05, 4.69) is 10.6 Å². The number of carbonyl (C=O) groups excluding carboxylic acids is 1. The molecule has 1 heterocycles. The van der Waals surface area contributed by atoms with Crippen LogP contribution in [0.25, 0.3) is 0 Å². The Kier molecular flexibility index (Phi) is 4.01. The topological polar surface area (TPSA) is 41.1 Å². The van der Waals surface area contributed by atoms with E-state index in [1.165, 1.54) is 25.7 Å². The summed E-state index contributed by atoms with van der Waals surface area (Å²) in [4.78, 5) is 11.7. The van der Waals surface area contributed by atoms with Gasteiger partial charge in [-0.15, -0.1) is 0 Å². The summed E-state index contributed by atoms with van der Waals surface area (Å²) >= 11 is 0. The van der Waals surface area contributed by atoms with Crippen molar-refractivity contribution in [3.8, 4) is 0 Å². The molecule has 2 rings (SSSR count). The predicted molar refractivity (Wildman–Crippen MR) is 60.6 cm³/mol. The molecule has 0 bridgehead atoms. The molecule has 3 nitrogen and oxygen atoms in total. The normalized spacial score (nSPS) is 27.1. The first kappa shape index (κ1) is 10.9. The summed E-state index contributed by atoms with van der Waals surface area (Å²) in [6.45, 7) is 2.83. The first-order chi connectivity index (χ1) is 7.36. The fourth-order valence-electron chi connectivity index (χ4n) is 2.40. The number of rotatable bonds is 4. The molecule has 0 aromatic carbocycles. The molecule has 1 amide bonds. The minimum absolute atomic E-state index is 0.222. The van der Waals surface area contributed by atoms with Crippen molar-refractivity contribution in [2.45, 2.75) is 38.5 Å². The quantitative estimate of drug-likeness (QED) is 0.734. The van der Waals surface area contributed by atoms with Crippen LogP contribution in [0.3, 0.4) is 0 Å². The highest BCUT2D eigenvalue weighted by Gasteiger charge is 2.21. The van der Waals surface area contributed by atoms with E-state index in [-0.39, 0.29) is 11.8 Å². The first-order valence-corrected chi connectivity index (χ1v) is 6.34. The molecule has 3 heteroatoms. The van der Waals surface area contributed by atoms with Crippen LogP contribution in [0.4, 0.5) is 0 Å². The molecule has 2 N–H and O–H groups in total. The first-order valence-electron chi connectivity index (χ1n) is 6.34. The Morgan fingerprint density at radius 2 is 2.13 bits per heavy atom. The highest BCUT2D eigenvalue weighted by atomic mass is 16.1. The summed E-state index contributed by atoms with van der Waals surface area (Å²) in [6, 6.07) is 0. The van der Waals surface area contributed by atoms with Crippen LogP contribution in [0.2, 0.25) is 0 Å². The SMILES string of the molecule is O=C(NCCC1CCC1)C1CCCNC1. The van der Waals surface area contributed by atoms with Crippen molar-refractivity contribution in [2.75, 3.05) is 19.6 Å². The van der Waals surface area contributed by atoms with Gasteiger partial charge in [0.1, 0.15) is 0 Å². The Morgan fingerprint density at radius 1 is 1.27 bits per heavy atom. The lowest BCUT2D eigenvalue weighted by atomic mass is 9.83. The van der Waals surface area contributed by atoms with Gasteiger partial charge in [0.25, 0.3) is 0 Å². The average molecular weight is 210 g/mol. The smallest absolute Gasteiger partial charge is 0.224 e. The zero-order valence-corrected chi connectivity index (χ0v) is 9.43. The molecule has 0 spiro atoms. The van der Waals surface area contributed by atoms with Crippen molar-refractivity contribution in [2.24, 2.45) is 11.8 Å². The zero-order valence-electron chi connectivity index (χ0n) is 9.43. The largest absolute Gasteiger partial charge is 0.356 e. The number of hydrogen-bond acceptors (Lipinski definition) is 2. The maximum absolute atomic E-state index is 11.7. The number of piperidine rings is 1. The van der Waals surface area contributed by atoms with E-state index in [1.54, 1.807) is 0 Å². The van der Waals surface area contributed by atoms with Gasteiger partial charge >= 0.3 is 0 Å². The lowest BCUT2D eigenvalue weighted by molar-refractivity contribution is -0.125. The van der Waals surface area contributed by atoms with Crippen LogP contribution in [0.5, 0.6) is 0 Å². The summed E-state index contributed by atoms with van der Waals surface area (Å²) in [5.74, 6) is 1.39. The predicted octanol–water partition coefficient (Wildman–Crippen LogP) is 1.29. The second-order valence-electron chi connectivity index (χ2n) is 4.92. The fraction of sp³-hybridized carbons (Fsp3) is 0.917. The van der Waals surface area contributed by atoms with E-state index in [0.29, 0.717) is 0 Å². The van der Waals surface area contributed by atoms with Crippen molar-refractivity contribution < 1.29 is 4.79 Å². The third-order valence-electron chi connectivity index (χ3n) is 3.74. The number of amides is 1. The number of nitrogens with one attached hydrogen (secondary N) is 2. The molecule has 1 atom stereocenters. The van der Waals surface area contributed by atoms with Crippen molar-refractivity contribution in [3.05, 3.63) is 0 Å². The standard InChI is InChI=1S/C12H22N2O/c15-12(11-5-2-7-13-9-11)14-8-6-10-3-1-4-10/h10-11,13H,1-9H2,(H,14,15). The van der Waals surface area contributed by atoms with Crippen LogP contribution < -0.4 is 10.6 Å². The maximum atomic E-state index is 11.7. The Balaban J connectivity index is 1.58. The second-order valence-corrected chi connectivity index (χ2v) is 4.92. The van der Waals surface area contributed by atoms with E-state index < -0.39 is 0 Å². The average Bonchev–Trinajstić information content (AvgIpc) is 2.23. The summed E-state index contributed by atoms with van der Waals surface area (Å²) in [5.41, 5.74) is 0. The van der Waals surface area contributed by atoms with Gasteiger partial charge in [0.2, 0.25) is 5.91 Å². The van der Waals surface area contributed by atoms with Gasteiger partial charge in [-0.05, 0) is 31.7 Å². The van der Waals surface area contributed by atoms with Crippen LogP contribution in [0.1, 0.15) is 38.5 Å². The Labute approximate surface area is 92.0 Å². The molecular formula is C12H22N2O. The van der Waals surface area contributed by atoms with Crippen molar-refractivity contribution in [3.63, 3.8) is 0 Å². The maximum Gasteiger partial charge on any atom is 0.224 e. The van der Waals surface area contributed by atoms with Crippen LogP contribution in [0.15, 0.2) is 0 Å². The minimum atomic E-state index is 0.222. The molecule has 0 aromatic heterocycles. The monoisotopic (exact) mass is 210 g/mol.